The molecular formula is C8H12N2. The van der Waals surface area contributed by atoms with Gasteiger partial charge in [-0.3, -0.25) is 4.98 Å². The molecule has 0 aliphatic heterocycles. The maximum Gasteiger partial charge on any atom is 0.0542 e. The van der Waals surface area contributed by atoms with E-state index in [-0.39, 0.29) is 0 Å². The summed E-state index contributed by atoms with van der Waals surface area (Å²) in [4.78, 5) is 4.08. The fourth-order valence-electron chi connectivity index (χ4n) is 0.860. The summed E-state index contributed by atoms with van der Waals surface area (Å²) in [5.74, 6) is 0. The highest BCUT2D eigenvalue weighted by atomic mass is 14.7. The minimum Gasteiger partial charge on any atom is -0.325 e. The maximum atomic E-state index is 5.41. The first-order valence-electron chi connectivity index (χ1n) is 3.50. The average Bonchev–Trinajstić information content (AvgIpc) is 2.05. The van der Waals surface area contributed by atoms with Crippen molar-refractivity contribution in [3.05, 3.63) is 29.6 Å². The molecule has 1 rings (SSSR count). The smallest absolute Gasteiger partial charge is 0.0542 e. The van der Waals surface area contributed by atoms with E-state index in [4.69, 9.17) is 5.73 Å². The SMILES string of the molecule is CCc1ccnc(CN)c1. The summed E-state index contributed by atoms with van der Waals surface area (Å²) in [5.41, 5.74) is 7.68. The monoisotopic (exact) mass is 136 g/mol. The molecule has 0 atom stereocenters. The summed E-state index contributed by atoms with van der Waals surface area (Å²) in [6.07, 6.45) is 2.86. The second kappa shape index (κ2) is 3.32. The van der Waals surface area contributed by atoms with E-state index < -0.39 is 0 Å². The molecule has 1 aromatic rings. The first kappa shape index (κ1) is 7.22. The Kier molecular flexibility index (Phi) is 2.40. The molecule has 10 heavy (non-hydrogen) atoms. The molecule has 0 amide bonds. The minimum absolute atomic E-state index is 0.536. The van der Waals surface area contributed by atoms with Crippen LogP contribution in [0.3, 0.4) is 0 Å². The highest BCUT2D eigenvalue weighted by Crippen LogP contribution is 2.00. The summed E-state index contributed by atoms with van der Waals surface area (Å²) < 4.78 is 0. The lowest BCUT2D eigenvalue weighted by Gasteiger charge is -1.97. The van der Waals surface area contributed by atoms with Crippen LogP contribution in [0.4, 0.5) is 0 Å². The molecule has 1 aromatic heterocycles. The van der Waals surface area contributed by atoms with E-state index in [0.717, 1.165) is 12.1 Å². The van der Waals surface area contributed by atoms with Gasteiger partial charge >= 0.3 is 0 Å². The van der Waals surface area contributed by atoms with Gasteiger partial charge in [0.25, 0.3) is 0 Å². The first-order valence-corrected chi connectivity index (χ1v) is 3.50. The van der Waals surface area contributed by atoms with Crippen LogP contribution in [0, 0.1) is 0 Å². The Labute approximate surface area is 61.1 Å². The summed E-state index contributed by atoms with van der Waals surface area (Å²) in [5, 5.41) is 0. The fraction of sp³-hybridized carbons (Fsp3) is 0.375. The van der Waals surface area contributed by atoms with Crippen molar-refractivity contribution in [2.45, 2.75) is 19.9 Å². The molecule has 2 heteroatoms. The Morgan fingerprint density at radius 2 is 2.40 bits per heavy atom. The fourth-order valence-corrected chi connectivity index (χ4v) is 0.860. The van der Waals surface area contributed by atoms with Gasteiger partial charge in [-0.1, -0.05) is 6.92 Å². The van der Waals surface area contributed by atoms with Crippen molar-refractivity contribution in [2.75, 3.05) is 0 Å². The van der Waals surface area contributed by atoms with Crippen LogP contribution in [0.5, 0.6) is 0 Å². The highest BCUT2D eigenvalue weighted by molar-refractivity contribution is 5.15. The molecule has 2 nitrogen and oxygen atoms in total. The predicted octanol–water partition coefficient (Wildman–Crippen LogP) is 1.10. The van der Waals surface area contributed by atoms with Crippen LogP contribution in [0.1, 0.15) is 18.2 Å². The third-order valence-electron chi connectivity index (χ3n) is 1.50. The second-order valence-electron chi connectivity index (χ2n) is 2.21. The molecule has 0 aliphatic carbocycles. The summed E-state index contributed by atoms with van der Waals surface area (Å²) in [6, 6.07) is 4.05. The van der Waals surface area contributed by atoms with E-state index in [1.54, 1.807) is 6.20 Å². The van der Waals surface area contributed by atoms with Gasteiger partial charge in [0.1, 0.15) is 0 Å². The summed E-state index contributed by atoms with van der Waals surface area (Å²) >= 11 is 0. The quantitative estimate of drug-likeness (QED) is 0.661. The van der Waals surface area contributed by atoms with Gasteiger partial charge in [0.2, 0.25) is 0 Å². The zero-order valence-electron chi connectivity index (χ0n) is 6.17. The molecule has 0 saturated heterocycles. The van der Waals surface area contributed by atoms with Gasteiger partial charge in [0.05, 0.1) is 5.69 Å². The van der Waals surface area contributed by atoms with E-state index in [0.29, 0.717) is 6.54 Å². The maximum absolute atomic E-state index is 5.41. The lowest BCUT2D eigenvalue weighted by molar-refractivity contribution is 0.971. The molecule has 1 heterocycles. The van der Waals surface area contributed by atoms with Crippen molar-refractivity contribution >= 4 is 0 Å². The zero-order valence-corrected chi connectivity index (χ0v) is 6.17. The van der Waals surface area contributed by atoms with Crippen molar-refractivity contribution in [1.82, 2.24) is 4.98 Å². The zero-order chi connectivity index (χ0) is 7.40. The van der Waals surface area contributed by atoms with Gasteiger partial charge < -0.3 is 5.73 Å². The number of aromatic nitrogens is 1. The van der Waals surface area contributed by atoms with Gasteiger partial charge in [-0.15, -0.1) is 0 Å². The number of aryl methyl sites for hydroxylation is 1. The standard InChI is InChI=1S/C8H12N2/c1-2-7-3-4-10-8(5-7)6-9/h3-5H,2,6,9H2,1H3. The summed E-state index contributed by atoms with van der Waals surface area (Å²) in [6.45, 7) is 2.66. The van der Waals surface area contributed by atoms with Crippen LogP contribution >= 0.6 is 0 Å². The van der Waals surface area contributed by atoms with Crippen molar-refractivity contribution in [1.29, 1.82) is 0 Å². The molecule has 0 aromatic carbocycles. The number of hydrogen-bond acceptors (Lipinski definition) is 2. The van der Waals surface area contributed by atoms with Crippen molar-refractivity contribution < 1.29 is 0 Å². The minimum atomic E-state index is 0.536. The Morgan fingerprint density at radius 3 is 3.00 bits per heavy atom. The molecular weight excluding hydrogens is 124 g/mol. The Hall–Kier alpha value is -0.890. The van der Waals surface area contributed by atoms with Gasteiger partial charge in [0, 0.05) is 12.7 Å². The summed E-state index contributed by atoms with van der Waals surface area (Å²) in [7, 11) is 0. The topological polar surface area (TPSA) is 38.9 Å². The average molecular weight is 136 g/mol. The molecule has 0 unspecified atom stereocenters. The van der Waals surface area contributed by atoms with E-state index >= 15 is 0 Å². The molecule has 0 saturated carbocycles. The van der Waals surface area contributed by atoms with E-state index in [2.05, 4.69) is 11.9 Å². The van der Waals surface area contributed by atoms with Crippen molar-refractivity contribution in [2.24, 2.45) is 5.73 Å². The van der Waals surface area contributed by atoms with Crippen LogP contribution in [-0.4, -0.2) is 4.98 Å². The van der Waals surface area contributed by atoms with Crippen LogP contribution in [0.15, 0.2) is 18.3 Å². The predicted molar refractivity (Wildman–Crippen MR) is 41.5 cm³/mol. The van der Waals surface area contributed by atoms with E-state index in [1.165, 1.54) is 5.56 Å². The number of nitrogens with zero attached hydrogens (tertiary/aromatic N) is 1. The molecule has 0 radical (unpaired) electrons. The Balaban J connectivity index is 2.87. The molecule has 2 N–H and O–H groups in total. The Morgan fingerprint density at radius 1 is 1.60 bits per heavy atom. The molecule has 54 valence electrons. The van der Waals surface area contributed by atoms with E-state index in [9.17, 15) is 0 Å². The third-order valence-corrected chi connectivity index (χ3v) is 1.50. The second-order valence-corrected chi connectivity index (χ2v) is 2.21. The van der Waals surface area contributed by atoms with E-state index in [1.807, 2.05) is 12.1 Å². The van der Waals surface area contributed by atoms with Gasteiger partial charge in [-0.05, 0) is 24.1 Å². The molecule has 0 aliphatic rings. The third kappa shape index (κ3) is 1.54. The molecule has 0 bridgehead atoms. The lowest BCUT2D eigenvalue weighted by atomic mass is 10.2. The van der Waals surface area contributed by atoms with Gasteiger partial charge in [-0.25, -0.2) is 0 Å². The van der Waals surface area contributed by atoms with Crippen LogP contribution < -0.4 is 5.73 Å². The number of hydrogen-bond donors (Lipinski definition) is 1. The number of nitrogens with two attached hydrogens (primary N) is 1. The molecule has 0 fully saturated rings. The normalized spacial score (nSPS) is 9.80. The lowest BCUT2D eigenvalue weighted by Crippen LogP contribution is -1.99. The van der Waals surface area contributed by atoms with Gasteiger partial charge in [-0.2, -0.15) is 0 Å². The van der Waals surface area contributed by atoms with Crippen LogP contribution in [0.2, 0.25) is 0 Å². The molecule has 0 spiro atoms. The van der Waals surface area contributed by atoms with Crippen molar-refractivity contribution in [3.8, 4) is 0 Å². The number of rotatable bonds is 2. The van der Waals surface area contributed by atoms with Crippen LogP contribution in [0.25, 0.3) is 0 Å². The van der Waals surface area contributed by atoms with Crippen molar-refractivity contribution in [3.63, 3.8) is 0 Å². The van der Waals surface area contributed by atoms with Gasteiger partial charge in [0.15, 0.2) is 0 Å². The Bertz CT molecular complexity index is 189. The highest BCUT2D eigenvalue weighted by Gasteiger charge is 1.91. The first-order chi connectivity index (χ1) is 4.86. The van der Waals surface area contributed by atoms with Crippen LogP contribution in [-0.2, 0) is 13.0 Å². The number of pyridine rings is 1. The largest absolute Gasteiger partial charge is 0.325 e.